The highest BCUT2D eigenvalue weighted by molar-refractivity contribution is 7.98. The Kier molecular flexibility index (Phi) is 16.1. The van der Waals surface area contributed by atoms with Gasteiger partial charge in [0.2, 0.25) is 5.91 Å². The lowest BCUT2D eigenvalue weighted by atomic mass is 9.99. The number of aromatic nitrogens is 1. The molecule has 0 aliphatic rings. The summed E-state index contributed by atoms with van der Waals surface area (Å²) < 4.78 is 30.3. The molecular weight excluding hydrogens is 757 g/mol. The Morgan fingerprint density at radius 3 is 2.02 bits per heavy atom. The SMILES string of the molecule is CCN(CC)CCN(Cc1ccc(-c2ccc(C)c(C)c2)cc1)C(=O)Cn1c(SCc2cccc(F)c2F)cc(=O)c2ccccc21.O=C(O)C(O)C(O)C(=O)O. The number of benzene rings is 4. The van der Waals surface area contributed by atoms with Crippen LogP contribution in [0.5, 0.6) is 0 Å². The summed E-state index contributed by atoms with van der Waals surface area (Å²) in [7, 11) is 0. The van der Waals surface area contributed by atoms with E-state index in [-0.39, 0.29) is 29.2 Å². The van der Waals surface area contributed by atoms with Crippen molar-refractivity contribution in [2.45, 2.75) is 63.8 Å². The molecule has 2 unspecified atom stereocenters. The number of aliphatic carboxylic acids is 2. The largest absolute Gasteiger partial charge is 0.479 e. The second kappa shape index (κ2) is 20.7. The molecule has 1 heterocycles. The van der Waals surface area contributed by atoms with Crippen molar-refractivity contribution in [2.24, 2.45) is 0 Å². The first-order valence-corrected chi connectivity index (χ1v) is 19.3. The number of hydrogen-bond acceptors (Lipinski definition) is 8. The molecule has 0 bridgehead atoms. The first-order chi connectivity index (χ1) is 27.1. The molecule has 5 aromatic rings. The van der Waals surface area contributed by atoms with E-state index in [2.05, 4.69) is 75.1 Å². The average molecular weight is 804 g/mol. The minimum atomic E-state index is -2.27. The zero-order valence-electron chi connectivity index (χ0n) is 32.2. The second-order valence-electron chi connectivity index (χ2n) is 13.4. The first-order valence-electron chi connectivity index (χ1n) is 18.3. The number of halogens is 2. The molecule has 0 fully saturated rings. The van der Waals surface area contributed by atoms with Gasteiger partial charge in [-0.15, -0.1) is 11.8 Å². The Labute approximate surface area is 333 Å². The summed E-state index contributed by atoms with van der Waals surface area (Å²) in [6, 6.07) is 27.6. The summed E-state index contributed by atoms with van der Waals surface area (Å²) in [5, 5.41) is 33.5. The van der Waals surface area contributed by atoms with Crippen LogP contribution in [0.4, 0.5) is 8.78 Å². The highest BCUT2D eigenvalue weighted by atomic mass is 32.2. The van der Waals surface area contributed by atoms with Crippen LogP contribution in [0.3, 0.4) is 0 Å². The van der Waals surface area contributed by atoms with Crippen LogP contribution in [0, 0.1) is 25.5 Å². The third-order valence-corrected chi connectivity index (χ3v) is 10.7. The van der Waals surface area contributed by atoms with Gasteiger partial charge in [0.25, 0.3) is 0 Å². The van der Waals surface area contributed by atoms with Crippen LogP contribution in [-0.4, -0.2) is 91.0 Å². The summed E-state index contributed by atoms with van der Waals surface area (Å²) in [4.78, 5) is 51.0. The maximum atomic E-state index is 14.5. The summed E-state index contributed by atoms with van der Waals surface area (Å²) in [5.41, 5.74) is 6.42. The number of carboxylic acids is 2. The zero-order chi connectivity index (χ0) is 41.8. The molecule has 1 aromatic heterocycles. The number of rotatable bonds is 16. The molecule has 4 aromatic carbocycles. The number of hydrogen-bond donors (Lipinski definition) is 4. The molecule has 0 radical (unpaired) electrons. The Morgan fingerprint density at radius 1 is 0.772 bits per heavy atom. The van der Waals surface area contributed by atoms with Gasteiger partial charge in [0.15, 0.2) is 29.3 Å². The molecular formula is C43H47F2N3O8S. The smallest absolute Gasteiger partial charge is 0.335 e. The number of amides is 1. The summed E-state index contributed by atoms with van der Waals surface area (Å²) in [6.45, 7) is 11.9. The third kappa shape index (κ3) is 11.8. The van der Waals surface area contributed by atoms with Crippen molar-refractivity contribution in [3.63, 3.8) is 0 Å². The summed E-state index contributed by atoms with van der Waals surface area (Å²) >= 11 is 1.21. The normalized spacial score (nSPS) is 12.2. The average Bonchev–Trinajstić information content (AvgIpc) is 3.20. The maximum absolute atomic E-state index is 14.5. The molecule has 0 spiro atoms. The number of carbonyl (C=O) groups excluding carboxylic acids is 1. The van der Waals surface area contributed by atoms with Gasteiger partial charge in [0, 0.05) is 42.4 Å². The zero-order valence-corrected chi connectivity index (χ0v) is 33.0. The molecule has 1 amide bonds. The first kappa shape index (κ1) is 44.3. The van der Waals surface area contributed by atoms with Crippen LogP contribution in [0.2, 0.25) is 0 Å². The fourth-order valence-corrected chi connectivity index (χ4v) is 6.98. The van der Waals surface area contributed by atoms with E-state index in [0.717, 1.165) is 42.4 Å². The van der Waals surface area contributed by atoms with Crippen molar-refractivity contribution in [3.05, 3.63) is 135 Å². The number of aliphatic hydroxyl groups is 2. The van der Waals surface area contributed by atoms with E-state index in [1.807, 2.05) is 21.6 Å². The molecule has 0 saturated heterocycles. The number of fused-ring (bicyclic) bond motifs is 1. The second-order valence-corrected chi connectivity index (χ2v) is 14.4. The summed E-state index contributed by atoms with van der Waals surface area (Å²) in [6.07, 6.45) is -4.53. The predicted octanol–water partition coefficient (Wildman–Crippen LogP) is 6.10. The number of aryl methyl sites for hydroxylation is 2. The number of aliphatic hydroxyl groups excluding tert-OH is 2. The number of nitrogens with zero attached hydrogens (tertiary/aromatic N) is 3. The van der Waals surface area contributed by atoms with Crippen molar-refractivity contribution in [1.29, 1.82) is 0 Å². The van der Waals surface area contributed by atoms with Crippen molar-refractivity contribution in [3.8, 4) is 11.1 Å². The maximum Gasteiger partial charge on any atom is 0.335 e. The lowest BCUT2D eigenvalue weighted by Gasteiger charge is -2.28. The fourth-order valence-electron chi connectivity index (χ4n) is 5.94. The van der Waals surface area contributed by atoms with Crippen molar-refractivity contribution < 1.29 is 43.6 Å². The van der Waals surface area contributed by atoms with Gasteiger partial charge in [-0.25, -0.2) is 18.4 Å². The van der Waals surface area contributed by atoms with Crippen LogP contribution in [0.15, 0.2) is 101 Å². The molecule has 11 nitrogen and oxygen atoms in total. The molecule has 302 valence electrons. The van der Waals surface area contributed by atoms with Gasteiger partial charge in [-0.3, -0.25) is 9.59 Å². The molecule has 0 aliphatic heterocycles. The van der Waals surface area contributed by atoms with Gasteiger partial charge in [-0.2, -0.15) is 0 Å². The Morgan fingerprint density at radius 2 is 1.40 bits per heavy atom. The number of thioether (sulfide) groups is 1. The van der Waals surface area contributed by atoms with E-state index in [9.17, 15) is 28.0 Å². The minimum absolute atomic E-state index is 0.00621. The van der Waals surface area contributed by atoms with Crippen LogP contribution < -0.4 is 5.43 Å². The van der Waals surface area contributed by atoms with Crippen LogP contribution in [-0.2, 0) is 33.2 Å². The Balaban J connectivity index is 0.000000635. The molecule has 14 heteroatoms. The lowest BCUT2D eigenvalue weighted by Crippen LogP contribution is -2.40. The van der Waals surface area contributed by atoms with Gasteiger partial charge in [-0.05, 0) is 73.0 Å². The monoisotopic (exact) mass is 803 g/mol. The van der Waals surface area contributed by atoms with Crippen LogP contribution in [0.25, 0.3) is 22.0 Å². The number of carboxylic acid groups (broad SMARTS) is 2. The molecule has 5 rings (SSSR count). The van der Waals surface area contributed by atoms with Crippen molar-refractivity contribution in [1.82, 2.24) is 14.4 Å². The number of likely N-dealkylation sites (N-methyl/N-ethyl adjacent to an activating group) is 1. The molecule has 0 aliphatic carbocycles. The Hall–Kier alpha value is -5.41. The van der Waals surface area contributed by atoms with Gasteiger partial charge in [-0.1, -0.05) is 80.6 Å². The molecule has 4 N–H and O–H groups in total. The third-order valence-electron chi connectivity index (χ3n) is 9.59. The lowest BCUT2D eigenvalue weighted by molar-refractivity contribution is -0.165. The van der Waals surface area contributed by atoms with Crippen molar-refractivity contribution in [2.75, 3.05) is 26.2 Å². The molecule has 57 heavy (non-hydrogen) atoms. The van der Waals surface area contributed by atoms with E-state index < -0.39 is 35.8 Å². The van der Waals surface area contributed by atoms with Crippen LogP contribution >= 0.6 is 11.8 Å². The van der Waals surface area contributed by atoms with E-state index in [4.69, 9.17) is 20.4 Å². The number of pyridine rings is 1. The van der Waals surface area contributed by atoms with Gasteiger partial charge >= 0.3 is 11.9 Å². The van der Waals surface area contributed by atoms with E-state index >= 15 is 0 Å². The van der Waals surface area contributed by atoms with Crippen LogP contribution in [0.1, 0.15) is 36.1 Å². The van der Waals surface area contributed by atoms with E-state index in [0.29, 0.717) is 29.0 Å². The van der Waals surface area contributed by atoms with Crippen molar-refractivity contribution >= 4 is 40.5 Å². The standard InChI is InChI=1S/C39H41F2N3O2S.C4H6O6/c1-5-42(6-2)20-21-43(24-29-15-18-30(19-16-29)31-17-14-27(3)28(4)22-31)37(46)25-44-35-13-8-7-11-33(35)36(45)23-38(44)47-26-32-10-9-12-34(40)39(32)41;5-1(3(7)8)2(6)4(9)10/h7-19,22-23H,5-6,20-21,24-26H2,1-4H3;1-2,5-6H,(H,7,8)(H,9,10). The topological polar surface area (TPSA) is 161 Å². The van der Waals surface area contributed by atoms with E-state index in [1.54, 1.807) is 12.1 Å². The minimum Gasteiger partial charge on any atom is -0.479 e. The highest BCUT2D eigenvalue weighted by Crippen LogP contribution is 2.28. The summed E-state index contributed by atoms with van der Waals surface area (Å²) in [5.74, 6) is -5.35. The van der Waals surface area contributed by atoms with Gasteiger partial charge < -0.3 is 34.8 Å². The quantitative estimate of drug-likeness (QED) is 0.0859. The molecule has 0 saturated carbocycles. The van der Waals surface area contributed by atoms with Gasteiger partial charge in [0.1, 0.15) is 6.54 Å². The predicted molar refractivity (Wildman–Crippen MR) is 216 cm³/mol. The number of carbonyl (C=O) groups is 3. The highest BCUT2D eigenvalue weighted by Gasteiger charge is 2.29. The molecule has 2 atom stereocenters. The van der Waals surface area contributed by atoms with E-state index in [1.165, 1.54) is 41.1 Å². The Bertz CT molecular complexity index is 2230. The number of para-hydroxylation sites is 1. The van der Waals surface area contributed by atoms with Gasteiger partial charge in [0.05, 0.1) is 10.5 Å². The fraction of sp³-hybridized carbons (Fsp3) is 0.302.